The van der Waals surface area contributed by atoms with E-state index in [4.69, 9.17) is 21.1 Å². The third kappa shape index (κ3) is 5.46. The zero-order chi connectivity index (χ0) is 24.1. The summed E-state index contributed by atoms with van der Waals surface area (Å²) in [6, 6.07) is 14.2. The van der Waals surface area contributed by atoms with Gasteiger partial charge in [-0.05, 0) is 48.9 Å². The number of amides is 2. The number of halogens is 1. The molecule has 0 bridgehead atoms. The first-order valence-electron chi connectivity index (χ1n) is 11.3. The summed E-state index contributed by atoms with van der Waals surface area (Å²) in [5.41, 5.74) is 2.88. The van der Waals surface area contributed by atoms with Crippen LogP contribution < -0.4 is 20.3 Å². The van der Waals surface area contributed by atoms with Crippen molar-refractivity contribution in [3.63, 3.8) is 0 Å². The average molecular weight is 485 g/mol. The number of rotatable bonds is 7. The van der Waals surface area contributed by atoms with Crippen LogP contribution in [0.25, 0.3) is 0 Å². The first-order valence-corrected chi connectivity index (χ1v) is 11.7. The van der Waals surface area contributed by atoms with Gasteiger partial charge in [-0.1, -0.05) is 23.7 Å². The lowest BCUT2D eigenvalue weighted by Gasteiger charge is -2.38. The third-order valence-corrected chi connectivity index (χ3v) is 6.28. The van der Waals surface area contributed by atoms with Gasteiger partial charge in [0.1, 0.15) is 5.75 Å². The number of benzene rings is 2. The molecule has 2 aliphatic heterocycles. The highest BCUT2D eigenvalue weighted by Gasteiger charge is 2.34. The Hall–Kier alpha value is -3.23. The summed E-state index contributed by atoms with van der Waals surface area (Å²) in [6.45, 7) is 6.16. The van der Waals surface area contributed by atoms with E-state index in [9.17, 15) is 9.59 Å². The molecule has 2 aromatic rings. The second-order valence-electron chi connectivity index (χ2n) is 8.16. The van der Waals surface area contributed by atoms with E-state index in [1.165, 1.54) is 7.11 Å². The largest absolute Gasteiger partial charge is 0.494 e. The van der Waals surface area contributed by atoms with Crippen LogP contribution in [0.3, 0.4) is 0 Å². The molecule has 0 saturated carbocycles. The summed E-state index contributed by atoms with van der Waals surface area (Å²) in [7, 11) is 1.35. The number of nitrogens with zero attached hydrogens (tertiary/aromatic N) is 2. The molecule has 4 rings (SSSR count). The minimum absolute atomic E-state index is 0.346. The number of ether oxygens (including phenoxy) is 2. The van der Waals surface area contributed by atoms with E-state index in [0.717, 1.165) is 43.2 Å². The van der Waals surface area contributed by atoms with Crippen molar-refractivity contribution in [1.29, 1.82) is 0 Å². The molecule has 8 nitrogen and oxygen atoms in total. The van der Waals surface area contributed by atoms with Gasteiger partial charge in [-0.2, -0.15) is 0 Å². The van der Waals surface area contributed by atoms with Crippen LogP contribution in [0.2, 0.25) is 5.02 Å². The van der Waals surface area contributed by atoms with Crippen LogP contribution in [0.4, 0.5) is 10.5 Å². The molecule has 34 heavy (non-hydrogen) atoms. The second-order valence-corrected chi connectivity index (χ2v) is 8.59. The van der Waals surface area contributed by atoms with E-state index in [2.05, 4.69) is 20.4 Å². The fraction of sp³-hybridized carbons (Fsp3) is 0.360. The summed E-state index contributed by atoms with van der Waals surface area (Å²) in [5.74, 6) is 0.259. The molecule has 0 unspecified atom stereocenters. The van der Waals surface area contributed by atoms with E-state index in [1.807, 2.05) is 55.5 Å². The predicted octanol–water partition coefficient (Wildman–Crippen LogP) is 3.34. The molecular formula is C25H29ClN4O4. The fourth-order valence-electron chi connectivity index (χ4n) is 4.31. The maximum atomic E-state index is 12.8. The van der Waals surface area contributed by atoms with E-state index in [1.54, 1.807) is 0 Å². The molecule has 0 spiro atoms. The topological polar surface area (TPSA) is 83.1 Å². The van der Waals surface area contributed by atoms with Gasteiger partial charge < -0.3 is 25.0 Å². The van der Waals surface area contributed by atoms with Gasteiger partial charge in [-0.3, -0.25) is 4.90 Å². The number of esters is 1. The molecule has 2 aliphatic rings. The van der Waals surface area contributed by atoms with E-state index >= 15 is 0 Å². The smallest absolute Gasteiger partial charge is 0.338 e. The summed E-state index contributed by atoms with van der Waals surface area (Å²) < 4.78 is 10.6. The summed E-state index contributed by atoms with van der Waals surface area (Å²) >= 11 is 6.01. The average Bonchev–Trinajstić information content (AvgIpc) is 2.85. The van der Waals surface area contributed by atoms with Crippen molar-refractivity contribution in [2.75, 3.05) is 51.3 Å². The Morgan fingerprint density at radius 3 is 2.35 bits per heavy atom. The Bertz CT molecular complexity index is 1050. The molecule has 2 heterocycles. The fourth-order valence-corrected chi connectivity index (χ4v) is 4.43. The van der Waals surface area contributed by atoms with Crippen LogP contribution in [0.1, 0.15) is 18.5 Å². The number of nitrogens with one attached hydrogen (secondary N) is 2. The van der Waals surface area contributed by atoms with Crippen LogP contribution in [-0.2, 0) is 9.53 Å². The molecule has 0 radical (unpaired) electrons. The number of urea groups is 1. The number of hydrogen-bond acceptors (Lipinski definition) is 6. The maximum absolute atomic E-state index is 12.8. The molecule has 9 heteroatoms. The van der Waals surface area contributed by atoms with Gasteiger partial charge in [0.15, 0.2) is 0 Å². The van der Waals surface area contributed by atoms with E-state index < -0.39 is 12.0 Å². The SMILES string of the molecule is CCOc1ccc([C@H]2NC(=O)NC(CN3CCN(c4ccc(Cl)cc4)CC3)=C2C(=O)OC)cc1. The number of hydrogen-bond donors (Lipinski definition) is 2. The molecule has 2 amide bonds. The van der Waals surface area contributed by atoms with Crippen molar-refractivity contribution < 1.29 is 19.1 Å². The highest BCUT2D eigenvalue weighted by atomic mass is 35.5. The number of piperazine rings is 1. The van der Waals surface area contributed by atoms with Crippen LogP contribution in [0.15, 0.2) is 59.8 Å². The molecule has 0 aromatic heterocycles. The molecule has 180 valence electrons. The van der Waals surface area contributed by atoms with Crippen LogP contribution in [-0.4, -0.2) is 63.3 Å². The van der Waals surface area contributed by atoms with E-state index in [0.29, 0.717) is 29.4 Å². The minimum Gasteiger partial charge on any atom is -0.494 e. The van der Waals surface area contributed by atoms with Crippen molar-refractivity contribution in [3.05, 3.63) is 70.4 Å². The first kappa shape index (κ1) is 23.9. The number of anilines is 1. The quantitative estimate of drug-likeness (QED) is 0.586. The Morgan fingerprint density at radius 1 is 1.06 bits per heavy atom. The molecule has 2 N–H and O–H groups in total. The van der Waals surface area contributed by atoms with Gasteiger partial charge in [0, 0.05) is 49.1 Å². The predicted molar refractivity (Wildman–Crippen MR) is 131 cm³/mol. The van der Waals surface area contributed by atoms with Gasteiger partial charge in [-0.25, -0.2) is 9.59 Å². The maximum Gasteiger partial charge on any atom is 0.338 e. The Kier molecular flexibility index (Phi) is 7.59. The summed E-state index contributed by atoms with van der Waals surface area (Å²) in [4.78, 5) is 29.9. The zero-order valence-electron chi connectivity index (χ0n) is 19.3. The van der Waals surface area contributed by atoms with Gasteiger partial charge in [0.05, 0.1) is 25.3 Å². The zero-order valence-corrected chi connectivity index (χ0v) is 20.1. The van der Waals surface area contributed by atoms with Gasteiger partial charge >= 0.3 is 12.0 Å². The van der Waals surface area contributed by atoms with Crippen molar-refractivity contribution >= 4 is 29.3 Å². The first-order chi connectivity index (χ1) is 16.5. The Morgan fingerprint density at radius 2 is 1.74 bits per heavy atom. The van der Waals surface area contributed by atoms with Gasteiger partial charge in [0.2, 0.25) is 0 Å². The van der Waals surface area contributed by atoms with Crippen molar-refractivity contribution in [1.82, 2.24) is 15.5 Å². The van der Waals surface area contributed by atoms with Gasteiger partial charge in [0.25, 0.3) is 0 Å². The number of carbonyl (C=O) groups excluding carboxylic acids is 2. The lowest BCUT2D eigenvalue weighted by molar-refractivity contribution is -0.136. The van der Waals surface area contributed by atoms with Crippen LogP contribution in [0, 0.1) is 0 Å². The molecule has 0 aliphatic carbocycles. The lowest BCUT2D eigenvalue weighted by atomic mass is 9.95. The van der Waals surface area contributed by atoms with Crippen molar-refractivity contribution in [2.24, 2.45) is 0 Å². The summed E-state index contributed by atoms with van der Waals surface area (Å²) in [5, 5.41) is 6.42. The minimum atomic E-state index is -0.609. The number of carbonyl (C=O) groups is 2. The molecular weight excluding hydrogens is 456 g/mol. The standard InChI is InChI=1S/C25H29ClN4O4/c1-3-34-20-10-4-17(5-11-20)23-22(24(31)33-2)21(27-25(32)28-23)16-29-12-14-30(15-13-29)19-8-6-18(26)7-9-19/h4-11,23H,3,12-16H2,1-2H3,(H2,27,28,32)/t23-/m1/s1. The van der Waals surface area contributed by atoms with Crippen molar-refractivity contribution in [3.8, 4) is 5.75 Å². The molecule has 1 saturated heterocycles. The molecule has 1 atom stereocenters. The normalized spacial score (nSPS) is 18.9. The van der Waals surface area contributed by atoms with Crippen LogP contribution >= 0.6 is 11.6 Å². The Labute approximate surface area is 204 Å². The van der Waals surface area contributed by atoms with E-state index in [-0.39, 0.29) is 6.03 Å². The summed E-state index contributed by atoms with van der Waals surface area (Å²) in [6.07, 6.45) is 0. The highest BCUT2D eigenvalue weighted by molar-refractivity contribution is 6.30. The third-order valence-electron chi connectivity index (χ3n) is 6.03. The molecule has 1 fully saturated rings. The molecule has 2 aromatic carbocycles. The highest BCUT2D eigenvalue weighted by Crippen LogP contribution is 2.29. The monoisotopic (exact) mass is 484 g/mol. The number of methoxy groups -OCH3 is 1. The second kappa shape index (κ2) is 10.8. The Balaban J connectivity index is 1.52. The van der Waals surface area contributed by atoms with Crippen molar-refractivity contribution in [2.45, 2.75) is 13.0 Å². The lowest BCUT2D eigenvalue weighted by Crippen LogP contribution is -2.51. The van der Waals surface area contributed by atoms with Gasteiger partial charge in [-0.15, -0.1) is 0 Å². The van der Waals surface area contributed by atoms with Crippen LogP contribution in [0.5, 0.6) is 5.75 Å².